The Balaban J connectivity index is 2.61. The van der Waals surface area contributed by atoms with Crippen molar-refractivity contribution in [1.29, 1.82) is 5.26 Å². The Morgan fingerprint density at radius 1 is 1.42 bits per heavy atom. The first-order chi connectivity index (χ1) is 9.13. The van der Waals surface area contributed by atoms with Gasteiger partial charge in [0, 0.05) is 12.1 Å². The first kappa shape index (κ1) is 16.9. The summed E-state index contributed by atoms with van der Waals surface area (Å²) in [5.74, 6) is 2.30. The Morgan fingerprint density at radius 2 is 2.16 bits per heavy atom. The van der Waals surface area contributed by atoms with E-state index < -0.39 is 0 Å². The first-order valence-electron chi connectivity index (χ1n) is 7.74. The molecule has 1 aliphatic carbocycles. The molecule has 0 amide bonds. The van der Waals surface area contributed by atoms with E-state index in [9.17, 15) is 5.26 Å². The van der Waals surface area contributed by atoms with Crippen LogP contribution in [0, 0.1) is 23.2 Å². The summed E-state index contributed by atoms with van der Waals surface area (Å²) < 4.78 is 0. The maximum Gasteiger partial charge on any atom is 0.0672 e. The van der Waals surface area contributed by atoms with Gasteiger partial charge in [0.05, 0.1) is 12.0 Å². The molecule has 19 heavy (non-hydrogen) atoms. The molecular weight excluding hydrogens is 252 g/mol. The predicted octanol–water partition coefficient (Wildman–Crippen LogP) is 4.17. The molecule has 1 saturated carbocycles. The fourth-order valence-corrected chi connectivity index (χ4v) is 3.90. The van der Waals surface area contributed by atoms with Gasteiger partial charge in [0.1, 0.15) is 0 Å². The number of hydrogen-bond donors (Lipinski definition) is 0. The molecule has 1 rings (SSSR count). The van der Waals surface area contributed by atoms with Crippen LogP contribution in [-0.2, 0) is 0 Å². The second kappa shape index (κ2) is 8.87. The van der Waals surface area contributed by atoms with Gasteiger partial charge in [0.2, 0.25) is 0 Å². The second-order valence-corrected chi connectivity index (χ2v) is 7.05. The van der Waals surface area contributed by atoms with Crippen LogP contribution in [0.3, 0.4) is 0 Å². The predicted molar refractivity (Wildman–Crippen MR) is 85.4 cm³/mol. The highest BCUT2D eigenvalue weighted by Gasteiger charge is 2.34. The molecule has 1 aliphatic rings. The Bertz CT molecular complexity index is 287. The lowest BCUT2D eigenvalue weighted by atomic mass is 9.76. The number of thioether (sulfide) groups is 1. The zero-order valence-corrected chi connectivity index (χ0v) is 13.9. The number of hydrogen-bond acceptors (Lipinski definition) is 3. The number of rotatable bonds is 7. The maximum atomic E-state index is 9.40. The molecule has 0 aromatic heterocycles. The van der Waals surface area contributed by atoms with Crippen LogP contribution in [0.15, 0.2) is 0 Å². The number of nitrogens with zero attached hydrogens (tertiary/aromatic N) is 2. The van der Waals surface area contributed by atoms with Crippen LogP contribution < -0.4 is 0 Å². The van der Waals surface area contributed by atoms with Gasteiger partial charge in [0.25, 0.3) is 0 Å². The molecule has 110 valence electrons. The average molecular weight is 282 g/mol. The Labute approximate surface area is 123 Å². The van der Waals surface area contributed by atoms with E-state index in [0.717, 1.165) is 12.3 Å². The van der Waals surface area contributed by atoms with E-state index in [1.54, 1.807) is 0 Å². The zero-order chi connectivity index (χ0) is 14.3. The largest absolute Gasteiger partial charge is 0.299 e. The molecule has 0 aliphatic heterocycles. The minimum absolute atomic E-state index is 0.245. The summed E-state index contributed by atoms with van der Waals surface area (Å²) in [5.41, 5.74) is 0. The first-order valence-corrected chi connectivity index (χ1v) is 9.13. The molecule has 0 radical (unpaired) electrons. The topological polar surface area (TPSA) is 27.0 Å². The standard InChI is InChI=1S/C16H30N2S/c1-5-6-14-7-8-15(12-17)16(11-14)18(3)13(2)9-10-19-4/h13-16H,5-11H2,1-4H3. The lowest BCUT2D eigenvalue weighted by Gasteiger charge is -2.41. The third-order valence-corrected chi connectivity index (χ3v) is 5.39. The second-order valence-electron chi connectivity index (χ2n) is 6.07. The monoisotopic (exact) mass is 282 g/mol. The highest BCUT2D eigenvalue weighted by Crippen LogP contribution is 2.35. The van der Waals surface area contributed by atoms with Crippen molar-refractivity contribution in [3.63, 3.8) is 0 Å². The average Bonchev–Trinajstić information content (AvgIpc) is 2.44. The molecule has 0 N–H and O–H groups in total. The van der Waals surface area contributed by atoms with Crippen LogP contribution in [-0.4, -0.2) is 36.0 Å². The van der Waals surface area contributed by atoms with Crippen LogP contribution in [0.4, 0.5) is 0 Å². The summed E-state index contributed by atoms with van der Waals surface area (Å²) in [6.45, 7) is 4.59. The van der Waals surface area contributed by atoms with Gasteiger partial charge in [-0.05, 0) is 57.6 Å². The maximum absolute atomic E-state index is 9.40. The lowest BCUT2D eigenvalue weighted by molar-refractivity contribution is 0.0895. The fraction of sp³-hybridized carbons (Fsp3) is 0.938. The summed E-state index contributed by atoms with van der Waals surface area (Å²) in [6.07, 6.45) is 9.60. The molecule has 0 bridgehead atoms. The van der Waals surface area contributed by atoms with E-state index in [-0.39, 0.29) is 5.92 Å². The van der Waals surface area contributed by atoms with E-state index in [2.05, 4.69) is 38.1 Å². The van der Waals surface area contributed by atoms with Crippen LogP contribution >= 0.6 is 11.8 Å². The van der Waals surface area contributed by atoms with Crippen LogP contribution in [0.25, 0.3) is 0 Å². The lowest BCUT2D eigenvalue weighted by Crippen LogP contribution is -2.46. The summed E-state index contributed by atoms with van der Waals surface area (Å²) >= 11 is 1.92. The third kappa shape index (κ3) is 5.00. The molecule has 4 unspecified atom stereocenters. The van der Waals surface area contributed by atoms with Crippen molar-refractivity contribution in [2.45, 2.75) is 64.5 Å². The summed E-state index contributed by atoms with van der Waals surface area (Å²) in [5, 5.41) is 9.40. The van der Waals surface area contributed by atoms with Gasteiger partial charge in [-0.15, -0.1) is 0 Å². The van der Waals surface area contributed by atoms with Gasteiger partial charge in [-0.1, -0.05) is 19.8 Å². The molecule has 3 heteroatoms. The van der Waals surface area contributed by atoms with Gasteiger partial charge in [0.15, 0.2) is 0 Å². The van der Waals surface area contributed by atoms with Crippen molar-refractivity contribution >= 4 is 11.8 Å². The molecule has 4 atom stereocenters. The third-order valence-electron chi connectivity index (χ3n) is 4.75. The van der Waals surface area contributed by atoms with Crippen molar-refractivity contribution in [1.82, 2.24) is 4.90 Å². The van der Waals surface area contributed by atoms with Crippen LogP contribution in [0.1, 0.15) is 52.4 Å². The highest BCUT2D eigenvalue weighted by atomic mass is 32.2. The molecule has 0 aromatic rings. The molecule has 0 aromatic carbocycles. The van der Waals surface area contributed by atoms with Crippen molar-refractivity contribution in [2.75, 3.05) is 19.1 Å². The Kier molecular flexibility index (Phi) is 7.87. The van der Waals surface area contributed by atoms with E-state index in [1.165, 1.54) is 37.9 Å². The van der Waals surface area contributed by atoms with E-state index in [4.69, 9.17) is 0 Å². The van der Waals surface area contributed by atoms with Gasteiger partial charge in [-0.3, -0.25) is 4.90 Å². The van der Waals surface area contributed by atoms with Crippen molar-refractivity contribution in [3.05, 3.63) is 0 Å². The molecule has 2 nitrogen and oxygen atoms in total. The smallest absolute Gasteiger partial charge is 0.0672 e. The quantitative estimate of drug-likeness (QED) is 0.701. The van der Waals surface area contributed by atoms with Gasteiger partial charge in [-0.2, -0.15) is 17.0 Å². The zero-order valence-electron chi connectivity index (χ0n) is 13.1. The Hall–Kier alpha value is -0.200. The normalized spacial score (nSPS) is 29.2. The van der Waals surface area contributed by atoms with E-state index >= 15 is 0 Å². The SMILES string of the molecule is CCCC1CCC(C#N)C(N(C)C(C)CCSC)C1. The van der Waals surface area contributed by atoms with E-state index in [0.29, 0.717) is 12.1 Å². The summed E-state index contributed by atoms with van der Waals surface area (Å²) in [6, 6.07) is 3.63. The summed E-state index contributed by atoms with van der Waals surface area (Å²) in [7, 11) is 2.23. The molecule has 0 spiro atoms. The van der Waals surface area contributed by atoms with Crippen molar-refractivity contribution in [3.8, 4) is 6.07 Å². The Morgan fingerprint density at radius 3 is 2.74 bits per heavy atom. The van der Waals surface area contributed by atoms with Gasteiger partial charge in [-0.25, -0.2) is 0 Å². The van der Waals surface area contributed by atoms with Crippen LogP contribution in [0.2, 0.25) is 0 Å². The minimum atomic E-state index is 0.245. The molecule has 0 saturated heterocycles. The van der Waals surface area contributed by atoms with Crippen molar-refractivity contribution in [2.24, 2.45) is 11.8 Å². The molecule has 0 heterocycles. The van der Waals surface area contributed by atoms with Gasteiger partial charge < -0.3 is 0 Å². The number of nitriles is 1. The highest BCUT2D eigenvalue weighted by molar-refractivity contribution is 7.98. The van der Waals surface area contributed by atoms with Gasteiger partial charge >= 0.3 is 0 Å². The summed E-state index contributed by atoms with van der Waals surface area (Å²) in [4.78, 5) is 2.49. The van der Waals surface area contributed by atoms with Crippen LogP contribution in [0.5, 0.6) is 0 Å². The van der Waals surface area contributed by atoms with E-state index in [1.807, 2.05) is 11.8 Å². The molecular formula is C16H30N2S. The van der Waals surface area contributed by atoms with Crippen molar-refractivity contribution < 1.29 is 0 Å². The minimum Gasteiger partial charge on any atom is -0.299 e. The fourth-order valence-electron chi connectivity index (χ4n) is 3.32. The molecule has 1 fully saturated rings.